The number of carbonyl (C=O) groups is 1. The maximum absolute atomic E-state index is 12.0. The van der Waals surface area contributed by atoms with Gasteiger partial charge in [-0.25, -0.2) is 4.98 Å². The first kappa shape index (κ1) is 17.0. The van der Waals surface area contributed by atoms with Crippen molar-refractivity contribution < 1.29 is 9.53 Å². The van der Waals surface area contributed by atoms with E-state index in [9.17, 15) is 4.79 Å². The van der Waals surface area contributed by atoms with Crippen LogP contribution in [0.4, 0.5) is 0 Å². The fraction of sp³-hybridized carbons (Fsp3) is 0.300. The maximum Gasteiger partial charge on any atom is 0.257 e. The first-order chi connectivity index (χ1) is 12.0. The van der Waals surface area contributed by atoms with E-state index in [2.05, 4.69) is 17.2 Å². The van der Waals surface area contributed by atoms with Gasteiger partial charge in [-0.05, 0) is 49.6 Å². The van der Waals surface area contributed by atoms with Crippen molar-refractivity contribution in [3.05, 3.63) is 65.1 Å². The van der Waals surface area contributed by atoms with Crippen LogP contribution >= 0.6 is 0 Å². The predicted molar refractivity (Wildman–Crippen MR) is 98.1 cm³/mol. The van der Waals surface area contributed by atoms with Gasteiger partial charge in [-0.2, -0.15) is 0 Å². The van der Waals surface area contributed by atoms with Crippen LogP contribution < -0.4 is 10.1 Å². The molecule has 0 radical (unpaired) electrons. The number of nitrogens with zero attached hydrogens (tertiary/aromatic N) is 2. The number of imidazole rings is 1. The Kier molecular flexibility index (Phi) is 5.03. The highest BCUT2D eigenvalue weighted by molar-refractivity contribution is 5.77. The zero-order chi connectivity index (χ0) is 17.8. The molecule has 3 rings (SSSR count). The average molecular weight is 337 g/mol. The molecule has 5 heteroatoms. The fourth-order valence-electron chi connectivity index (χ4n) is 2.68. The van der Waals surface area contributed by atoms with Gasteiger partial charge < -0.3 is 14.5 Å². The summed E-state index contributed by atoms with van der Waals surface area (Å²) in [6, 6.07) is 9.88. The van der Waals surface area contributed by atoms with Crippen molar-refractivity contribution in [2.24, 2.45) is 0 Å². The molecule has 0 fully saturated rings. The molecule has 0 aliphatic heterocycles. The molecule has 1 N–H and O–H groups in total. The summed E-state index contributed by atoms with van der Waals surface area (Å²) >= 11 is 0. The highest BCUT2D eigenvalue weighted by Crippen LogP contribution is 2.20. The summed E-state index contributed by atoms with van der Waals surface area (Å²) in [5, 5.41) is 2.88. The summed E-state index contributed by atoms with van der Waals surface area (Å²) in [6.45, 7) is 6.63. The van der Waals surface area contributed by atoms with Crippen LogP contribution in [0.15, 0.2) is 42.7 Å². The van der Waals surface area contributed by atoms with Gasteiger partial charge in [0.1, 0.15) is 11.4 Å². The lowest BCUT2D eigenvalue weighted by atomic mass is 10.1. The van der Waals surface area contributed by atoms with Gasteiger partial charge >= 0.3 is 0 Å². The molecule has 0 saturated heterocycles. The van der Waals surface area contributed by atoms with Gasteiger partial charge in [0.15, 0.2) is 6.61 Å². The molecular formula is C20H23N3O2. The topological polar surface area (TPSA) is 55.6 Å². The second kappa shape index (κ2) is 7.38. The number of amides is 1. The van der Waals surface area contributed by atoms with E-state index in [4.69, 9.17) is 4.74 Å². The Morgan fingerprint density at radius 1 is 1.16 bits per heavy atom. The molecule has 1 amide bonds. The van der Waals surface area contributed by atoms with E-state index in [0.29, 0.717) is 13.0 Å². The van der Waals surface area contributed by atoms with Crippen molar-refractivity contribution in [1.82, 2.24) is 14.7 Å². The van der Waals surface area contributed by atoms with Gasteiger partial charge in [-0.15, -0.1) is 0 Å². The number of carbonyl (C=O) groups excluding carboxylic acids is 1. The van der Waals surface area contributed by atoms with Crippen LogP contribution in [0.3, 0.4) is 0 Å². The summed E-state index contributed by atoms with van der Waals surface area (Å²) in [7, 11) is 0. The molecule has 3 aromatic rings. The molecule has 0 unspecified atom stereocenters. The number of benzene rings is 1. The number of nitrogens with one attached hydrogen (secondary N) is 1. The van der Waals surface area contributed by atoms with Crippen molar-refractivity contribution >= 4 is 11.6 Å². The lowest BCUT2D eigenvalue weighted by molar-refractivity contribution is -0.123. The summed E-state index contributed by atoms with van der Waals surface area (Å²) in [5.74, 6) is 0.631. The second-order valence-electron chi connectivity index (χ2n) is 6.29. The molecule has 0 bridgehead atoms. The Labute approximate surface area is 147 Å². The number of hydrogen-bond donors (Lipinski definition) is 1. The zero-order valence-corrected chi connectivity index (χ0v) is 14.9. The molecule has 0 aliphatic carbocycles. The molecule has 1 aromatic carbocycles. The standard InChI is InChI=1S/C20H23N3O2/c1-14-7-8-19-22-17(12-23(19)11-14)9-10-21-20(24)13-25-18-6-4-5-15(2)16(18)3/h4-8,11-12H,9-10,13H2,1-3H3,(H,21,24). The van der Waals surface area contributed by atoms with Crippen molar-refractivity contribution in [2.75, 3.05) is 13.2 Å². The average Bonchev–Trinajstić information content (AvgIpc) is 2.98. The monoisotopic (exact) mass is 337 g/mol. The van der Waals surface area contributed by atoms with Crippen molar-refractivity contribution in [2.45, 2.75) is 27.2 Å². The number of aromatic nitrogens is 2. The van der Waals surface area contributed by atoms with Gasteiger partial charge in [0, 0.05) is 25.4 Å². The number of ether oxygens (including phenoxy) is 1. The Balaban J connectivity index is 1.48. The van der Waals surface area contributed by atoms with E-state index >= 15 is 0 Å². The molecule has 0 aliphatic rings. The van der Waals surface area contributed by atoms with Gasteiger partial charge in [-0.1, -0.05) is 18.2 Å². The molecule has 130 valence electrons. The van der Waals surface area contributed by atoms with Crippen LogP contribution in [0.1, 0.15) is 22.4 Å². The Morgan fingerprint density at radius 2 is 2.00 bits per heavy atom. The van der Waals surface area contributed by atoms with E-state index in [1.54, 1.807) is 0 Å². The molecule has 0 atom stereocenters. The minimum absolute atomic E-state index is 0.0225. The number of pyridine rings is 1. The summed E-state index contributed by atoms with van der Waals surface area (Å²) in [4.78, 5) is 16.5. The molecule has 25 heavy (non-hydrogen) atoms. The summed E-state index contributed by atoms with van der Waals surface area (Å²) in [5.41, 5.74) is 5.29. The fourth-order valence-corrected chi connectivity index (χ4v) is 2.68. The number of rotatable bonds is 6. The van der Waals surface area contributed by atoms with Gasteiger partial charge in [-0.3, -0.25) is 4.79 Å². The van der Waals surface area contributed by atoms with E-state index in [1.807, 2.05) is 61.0 Å². The molecule has 0 saturated carbocycles. The third-order valence-electron chi connectivity index (χ3n) is 4.27. The Hall–Kier alpha value is -2.82. The van der Waals surface area contributed by atoms with Crippen LogP contribution in [0.25, 0.3) is 5.65 Å². The molecule has 0 spiro atoms. The zero-order valence-electron chi connectivity index (χ0n) is 14.9. The highest BCUT2D eigenvalue weighted by atomic mass is 16.5. The molecular weight excluding hydrogens is 314 g/mol. The largest absolute Gasteiger partial charge is 0.483 e. The number of aryl methyl sites for hydroxylation is 2. The molecule has 2 aromatic heterocycles. The van der Waals surface area contributed by atoms with E-state index < -0.39 is 0 Å². The first-order valence-electron chi connectivity index (χ1n) is 8.43. The minimum atomic E-state index is -0.125. The number of fused-ring (bicyclic) bond motifs is 1. The second-order valence-corrected chi connectivity index (χ2v) is 6.29. The first-order valence-corrected chi connectivity index (χ1v) is 8.43. The lowest BCUT2D eigenvalue weighted by Crippen LogP contribution is -2.30. The third kappa shape index (κ3) is 4.18. The van der Waals surface area contributed by atoms with Crippen LogP contribution in [-0.4, -0.2) is 28.4 Å². The van der Waals surface area contributed by atoms with Crippen molar-refractivity contribution in [1.29, 1.82) is 0 Å². The van der Waals surface area contributed by atoms with Gasteiger partial charge in [0.25, 0.3) is 5.91 Å². The highest BCUT2D eigenvalue weighted by Gasteiger charge is 2.07. The third-order valence-corrected chi connectivity index (χ3v) is 4.27. The minimum Gasteiger partial charge on any atom is -0.483 e. The predicted octanol–water partition coefficient (Wildman–Crippen LogP) is 3.00. The van der Waals surface area contributed by atoms with Crippen LogP contribution in [0.5, 0.6) is 5.75 Å². The maximum atomic E-state index is 12.0. The Bertz CT molecular complexity index is 899. The Morgan fingerprint density at radius 3 is 2.84 bits per heavy atom. The van der Waals surface area contributed by atoms with Gasteiger partial charge in [0.2, 0.25) is 0 Å². The van der Waals surface area contributed by atoms with E-state index in [1.165, 1.54) is 5.56 Å². The SMILES string of the molecule is Cc1ccc2nc(CCNC(=O)COc3cccc(C)c3C)cn2c1. The van der Waals surface area contributed by atoms with Crippen LogP contribution in [0.2, 0.25) is 0 Å². The van der Waals surface area contributed by atoms with Gasteiger partial charge in [0.05, 0.1) is 5.69 Å². The van der Waals surface area contributed by atoms with Crippen LogP contribution in [-0.2, 0) is 11.2 Å². The molecule has 2 heterocycles. The van der Waals surface area contributed by atoms with Crippen molar-refractivity contribution in [3.63, 3.8) is 0 Å². The van der Waals surface area contributed by atoms with E-state index in [0.717, 1.165) is 28.2 Å². The van der Waals surface area contributed by atoms with Crippen molar-refractivity contribution in [3.8, 4) is 5.75 Å². The number of hydrogen-bond acceptors (Lipinski definition) is 3. The summed E-state index contributed by atoms with van der Waals surface area (Å²) in [6.07, 6.45) is 4.74. The normalized spacial score (nSPS) is 10.8. The van der Waals surface area contributed by atoms with E-state index in [-0.39, 0.29) is 12.5 Å². The smallest absolute Gasteiger partial charge is 0.257 e. The molecule has 5 nitrogen and oxygen atoms in total. The lowest BCUT2D eigenvalue weighted by Gasteiger charge is -2.10. The van der Waals surface area contributed by atoms with Crippen LogP contribution in [0, 0.1) is 20.8 Å². The quantitative estimate of drug-likeness (QED) is 0.752. The summed E-state index contributed by atoms with van der Waals surface area (Å²) < 4.78 is 7.62.